The van der Waals surface area contributed by atoms with Gasteiger partial charge in [0.1, 0.15) is 23.7 Å². The first-order valence-corrected chi connectivity index (χ1v) is 22.3. The van der Waals surface area contributed by atoms with E-state index in [-0.39, 0.29) is 37.2 Å². The van der Waals surface area contributed by atoms with Gasteiger partial charge >= 0.3 is 12.1 Å². The monoisotopic (exact) mass is 823 g/mol. The van der Waals surface area contributed by atoms with Gasteiger partial charge in [0.25, 0.3) is 5.56 Å². The summed E-state index contributed by atoms with van der Waals surface area (Å²) in [4.78, 5) is 72.5. The Kier molecular flexibility index (Phi) is 12.2. The summed E-state index contributed by atoms with van der Waals surface area (Å²) < 4.78 is 12.9. The van der Waals surface area contributed by atoms with Crippen LogP contribution in [0.3, 0.4) is 0 Å². The van der Waals surface area contributed by atoms with E-state index < -0.39 is 47.5 Å². The predicted octanol–water partition coefficient (Wildman–Crippen LogP) is 7.06. The number of benzene rings is 1. The van der Waals surface area contributed by atoms with E-state index >= 15 is 0 Å². The maximum absolute atomic E-state index is 14.8. The van der Waals surface area contributed by atoms with Crippen molar-refractivity contribution < 1.29 is 28.7 Å². The molecule has 2 N–H and O–H groups in total. The largest absolute Gasteiger partial charge is 0.464 e. The number of hydrogen-bond acceptors (Lipinski definition) is 10. The molecule has 8 rings (SSSR count). The molecule has 4 aromatic rings. The normalized spacial score (nSPS) is 25.8. The molecule has 3 aromatic heterocycles. The highest BCUT2D eigenvalue weighted by molar-refractivity contribution is 7.08. The van der Waals surface area contributed by atoms with Crippen molar-refractivity contribution in [3.05, 3.63) is 98.3 Å². The number of carbonyl (C=O) groups is 4. The van der Waals surface area contributed by atoms with Crippen molar-refractivity contribution in [1.82, 2.24) is 25.3 Å². The van der Waals surface area contributed by atoms with E-state index in [0.29, 0.717) is 36.8 Å². The summed E-state index contributed by atoms with van der Waals surface area (Å²) in [6.07, 6.45) is 12.9. The number of rotatable bonds is 9. The smallest absolute Gasteiger partial charge is 0.408 e. The summed E-state index contributed by atoms with van der Waals surface area (Å²) in [6, 6.07) is 10.9. The van der Waals surface area contributed by atoms with Crippen molar-refractivity contribution in [3.63, 3.8) is 0 Å². The number of allylic oxidation sites excluding steroid dienone is 1. The fourth-order valence-electron chi connectivity index (χ4n) is 8.66. The number of nitrogens with zero attached hydrogens (tertiary/aromatic N) is 3. The predicted molar refractivity (Wildman–Crippen MR) is 222 cm³/mol. The zero-order valence-electron chi connectivity index (χ0n) is 32.4. The Balaban J connectivity index is 1.11. The molecule has 58 heavy (non-hydrogen) atoms. The molecule has 12 nitrogen and oxygen atoms in total. The van der Waals surface area contributed by atoms with Crippen molar-refractivity contribution >= 4 is 46.6 Å². The third kappa shape index (κ3) is 8.68. The first kappa shape index (κ1) is 39.7. The third-order valence-corrected chi connectivity index (χ3v) is 13.3. The summed E-state index contributed by atoms with van der Waals surface area (Å²) in [5, 5.41) is 18.3. The quantitative estimate of drug-likeness (QED) is 0.135. The Morgan fingerprint density at radius 3 is 2.45 bits per heavy atom. The fourth-order valence-corrected chi connectivity index (χ4v) is 9.96. The second-order valence-electron chi connectivity index (χ2n) is 15.8. The molecular formula is C44H49N5O7S2. The number of ether oxygens (including phenoxy) is 2. The molecular weight excluding hydrogens is 775 g/mol. The number of carbonyl (C=O) groups excluding carboxylic acids is 4. The van der Waals surface area contributed by atoms with Crippen LogP contribution in [-0.4, -0.2) is 75.4 Å². The van der Waals surface area contributed by atoms with Gasteiger partial charge in [-0.2, -0.15) is 27.8 Å². The van der Waals surface area contributed by atoms with E-state index in [1.165, 1.54) is 32.3 Å². The van der Waals surface area contributed by atoms with Crippen molar-refractivity contribution in [1.29, 1.82) is 0 Å². The van der Waals surface area contributed by atoms with Gasteiger partial charge < -0.3 is 25.0 Å². The fraction of sp³-hybridized carbons (Fsp3) is 0.455. The van der Waals surface area contributed by atoms with Crippen LogP contribution < -0.4 is 16.2 Å². The van der Waals surface area contributed by atoms with Gasteiger partial charge in [-0.25, -0.2) is 14.3 Å². The van der Waals surface area contributed by atoms with Gasteiger partial charge in [0, 0.05) is 30.9 Å². The molecule has 1 aromatic carbocycles. The topological polar surface area (TPSA) is 149 Å². The molecule has 5 heterocycles. The molecule has 0 spiro atoms. The first-order chi connectivity index (χ1) is 28.3. The number of alkyl carbamates (subject to hydrolysis) is 1. The molecule has 0 bridgehead atoms. The van der Waals surface area contributed by atoms with E-state index in [0.717, 1.165) is 61.6 Å². The van der Waals surface area contributed by atoms with Gasteiger partial charge in [-0.3, -0.25) is 14.4 Å². The number of esters is 1. The average molecular weight is 824 g/mol. The summed E-state index contributed by atoms with van der Waals surface area (Å²) in [6.45, 7) is 0.151. The summed E-state index contributed by atoms with van der Waals surface area (Å²) in [5.74, 6) is -1.74. The molecule has 1 saturated heterocycles. The van der Waals surface area contributed by atoms with Crippen LogP contribution in [0, 0.1) is 5.92 Å². The van der Waals surface area contributed by atoms with Crippen molar-refractivity contribution in [2.45, 2.75) is 107 Å². The number of amides is 3. The van der Waals surface area contributed by atoms with Crippen LogP contribution in [0.25, 0.3) is 22.3 Å². The summed E-state index contributed by atoms with van der Waals surface area (Å²) in [5.41, 5.74) is 2.25. The molecule has 3 amide bonds. The lowest BCUT2D eigenvalue weighted by atomic mass is 10.0. The molecule has 5 atom stereocenters. The lowest BCUT2D eigenvalue weighted by molar-refractivity contribution is -0.150. The van der Waals surface area contributed by atoms with Gasteiger partial charge in [-0.05, 0) is 102 Å². The number of fused-ring (bicyclic) bond motifs is 2. The van der Waals surface area contributed by atoms with Crippen LogP contribution in [-0.2, 0) is 30.3 Å². The molecule has 2 aliphatic carbocycles. The molecule has 14 heteroatoms. The molecule has 3 fully saturated rings. The number of nitrogens with one attached hydrogen (secondary N) is 2. The molecule has 2 aliphatic heterocycles. The van der Waals surface area contributed by atoms with E-state index in [2.05, 4.69) is 21.8 Å². The Hall–Kier alpha value is -5.08. The first-order valence-electron chi connectivity index (χ1n) is 20.4. The van der Waals surface area contributed by atoms with Crippen LogP contribution in [0.5, 0.6) is 0 Å². The lowest BCUT2D eigenvalue weighted by Gasteiger charge is -2.30. The van der Waals surface area contributed by atoms with Crippen LogP contribution in [0.4, 0.5) is 4.79 Å². The lowest BCUT2D eigenvalue weighted by Crippen LogP contribution is -2.56. The minimum atomic E-state index is -1.29. The van der Waals surface area contributed by atoms with Crippen molar-refractivity contribution in [2.24, 2.45) is 5.92 Å². The van der Waals surface area contributed by atoms with Crippen molar-refractivity contribution in [3.8, 4) is 22.3 Å². The summed E-state index contributed by atoms with van der Waals surface area (Å²) in [7, 11) is 0. The van der Waals surface area contributed by atoms with Crippen LogP contribution >= 0.6 is 22.7 Å². The Morgan fingerprint density at radius 1 is 0.931 bits per heavy atom. The van der Waals surface area contributed by atoms with Crippen LogP contribution in [0.2, 0.25) is 0 Å². The molecule has 1 unspecified atom stereocenters. The minimum Gasteiger partial charge on any atom is -0.464 e. The highest BCUT2D eigenvalue weighted by Gasteiger charge is 2.62. The Morgan fingerprint density at radius 2 is 1.69 bits per heavy atom. The number of thiophene rings is 2. The van der Waals surface area contributed by atoms with Crippen LogP contribution in [0.15, 0.2) is 87.1 Å². The van der Waals surface area contributed by atoms with E-state index in [1.807, 2.05) is 70.1 Å². The highest BCUT2D eigenvalue weighted by Crippen LogP contribution is 2.46. The second kappa shape index (κ2) is 17.8. The SMILES string of the molecule is O=C(N[C@@H]1CCCCC/C=C\C2C[C@]2(C(=O)OCCc2ccccc2)NC(=O)[C@@H]2C[C@H](n3ncc(-c4ccsc4)c(-c4ccsc4)c3=O)CN2C1=O)OC1CCCC1. The van der Waals surface area contributed by atoms with Gasteiger partial charge in [0.05, 0.1) is 24.4 Å². The van der Waals surface area contributed by atoms with Gasteiger partial charge in [-0.15, -0.1) is 0 Å². The number of aromatic nitrogens is 2. The van der Waals surface area contributed by atoms with E-state index in [9.17, 15) is 24.0 Å². The maximum atomic E-state index is 14.8. The van der Waals surface area contributed by atoms with Gasteiger partial charge in [0.15, 0.2) is 0 Å². The second-order valence-corrected chi connectivity index (χ2v) is 17.4. The molecule has 4 aliphatic rings. The Labute approximate surface area is 345 Å². The highest BCUT2D eigenvalue weighted by atomic mass is 32.1. The Bertz CT molecular complexity index is 2170. The minimum absolute atomic E-state index is 0.00158. The molecule has 0 radical (unpaired) electrons. The zero-order chi connectivity index (χ0) is 40.1. The van der Waals surface area contributed by atoms with E-state index in [4.69, 9.17) is 9.47 Å². The summed E-state index contributed by atoms with van der Waals surface area (Å²) >= 11 is 3.01. The van der Waals surface area contributed by atoms with E-state index in [1.54, 1.807) is 6.20 Å². The van der Waals surface area contributed by atoms with Crippen LogP contribution in [0.1, 0.15) is 82.2 Å². The maximum Gasteiger partial charge on any atom is 0.408 e. The third-order valence-electron chi connectivity index (χ3n) is 11.9. The van der Waals surface area contributed by atoms with Gasteiger partial charge in [-0.1, -0.05) is 55.3 Å². The molecule has 304 valence electrons. The number of hydrogen-bond donors (Lipinski definition) is 2. The average Bonchev–Trinajstić information content (AvgIpc) is 3.92. The zero-order valence-corrected chi connectivity index (χ0v) is 34.0. The van der Waals surface area contributed by atoms with Crippen molar-refractivity contribution in [2.75, 3.05) is 13.2 Å². The molecule has 2 saturated carbocycles. The standard InChI is InChI=1S/C44H49N5O7S2/c50-39-37-23-33(49-41(52)38(31-19-22-58-28-31)35(25-45-49)30-18-21-57-27-30)26-48(37)40(51)36(46-43(54)56-34-14-9-10-15-34)16-8-3-1-2-7-13-32-24-44(32,47-39)42(53)55-20-17-29-11-5-4-6-12-29/h4-7,11-13,18-19,21-22,25,27-28,32-34,36-37H,1-3,8-10,14-17,20,23-24,26H2,(H,46,54)(H,47,50)/b13-7-/t32?,33-,36+,37-,44-/m0/s1. The van der Waals surface area contributed by atoms with Gasteiger partial charge in [0.2, 0.25) is 11.8 Å².